The van der Waals surface area contributed by atoms with E-state index in [1.54, 1.807) is 0 Å². The lowest BCUT2D eigenvalue weighted by Gasteiger charge is -2.35. The monoisotopic (exact) mass is 256 g/mol. The van der Waals surface area contributed by atoms with Gasteiger partial charge in [-0.2, -0.15) is 0 Å². The predicted molar refractivity (Wildman–Crippen MR) is 80.5 cm³/mol. The maximum Gasteiger partial charge on any atom is 0.124 e. The molecule has 4 heteroatoms. The van der Waals surface area contributed by atoms with Crippen LogP contribution in [0.4, 0.5) is 11.5 Å². The number of benzene rings is 1. The molecule has 0 amide bonds. The summed E-state index contributed by atoms with van der Waals surface area (Å²) in [4.78, 5) is 9.27. The molecule has 2 aromatic rings. The molecule has 0 spiro atoms. The average molecular weight is 256 g/mol. The minimum atomic E-state index is 0.580. The zero-order chi connectivity index (χ0) is 13.2. The van der Waals surface area contributed by atoms with Gasteiger partial charge in [0.05, 0.1) is 5.52 Å². The molecule has 1 aromatic heterocycles. The van der Waals surface area contributed by atoms with Gasteiger partial charge >= 0.3 is 0 Å². The van der Waals surface area contributed by atoms with Crippen LogP contribution < -0.4 is 10.6 Å². The second-order valence-corrected chi connectivity index (χ2v) is 5.03. The maximum absolute atomic E-state index is 5.71. The Hall–Kier alpha value is -1.81. The number of nitrogens with zero attached hydrogens (tertiary/aromatic N) is 3. The topological polar surface area (TPSA) is 45.4 Å². The first-order chi connectivity index (χ1) is 9.26. The number of pyridine rings is 1. The molecule has 4 nitrogen and oxygen atoms in total. The lowest BCUT2D eigenvalue weighted by molar-refractivity contribution is 0.271. The lowest BCUT2D eigenvalue weighted by Crippen LogP contribution is -2.46. The third-order valence-corrected chi connectivity index (χ3v) is 3.88. The number of rotatable bonds is 2. The molecule has 0 aliphatic carbocycles. The van der Waals surface area contributed by atoms with Gasteiger partial charge in [0.15, 0.2) is 0 Å². The summed E-state index contributed by atoms with van der Waals surface area (Å²) in [5.41, 5.74) is 7.96. The van der Waals surface area contributed by atoms with E-state index in [1.165, 1.54) is 5.69 Å². The Kier molecular flexibility index (Phi) is 3.25. The van der Waals surface area contributed by atoms with Crippen LogP contribution in [0.3, 0.4) is 0 Å². The molecule has 1 aliphatic rings. The zero-order valence-corrected chi connectivity index (χ0v) is 11.3. The molecule has 1 aliphatic heterocycles. The molecule has 2 N–H and O–H groups in total. The molecule has 0 saturated carbocycles. The van der Waals surface area contributed by atoms with E-state index >= 15 is 0 Å². The van der Waals surface area contributed by atoms with Crippen LogP contribution in [0.2, 0.25) is 0 Å². The van der Waals surface area contributed by atoms with Gasteiger partial charge in [0.1, 0.15) is 5.82 Å². The van der Waals surface area contributed by atoms with Crippen LogP contribution in [0.15, 0.2) is 30.3 Å². The molecule has 3 rings (SSSR count). The molecule has 0 atom stereocenters. The molecule has 0 unspecified atom stereocenters. The molecule has 19 heavy (non-hydrogen) atoms. The maximum atomic E-state index is 5.71. The van der Waals surface area contributed by atoms with E-state index in [0.717, 1.165) is 43.6 Å². The van der Waals surface area contributed by atoms with Crippen LogP contribution >= 0.6 is 0 Å². The lowest BCUT2D eigenvalue weighted by atomic mass is 10.1. The number of anilines is 2. The summed E-state index contributed by atoms with van der Waals surface area (Å²) in [5, 5.41) is 1.16. The molecule has 0 bridgehead atoms. The predicted octanol–water partition coefficient (Wildman–Crippen LogP) is 1.96. The summed E-state index contributed by atoms with van der Waals surface area (Å²) in [6.07, 6.45) is 0. The van der Waals surface area contributed by atoms with Crippen molar-refractivity contribution >= 4 is 22.4 Å². The molecule has 1 fully saturated rings. The Labute approximate surface area is 113 Å². The van der Waals surface area contributed by atoms with Gasteiger partial charge in [0.2, 0.25) is 0 Å². The van der Waals surface area contributed by atoms with E-state index < -0.39 is 0 Å². The second-order valence-electron chi connectivity index (χ2n) is 5.03. The van der Waals surface area contributed by atoms with Crippen molar-refractivity contribution in [3.05, 3.63) is 30.3 Å². The highest BCUT2D eigenvalue weighted by Crippen LogP contribution is 2.22. The fourth-order valence-electron chi connectivity index (χ4n) is 2.65. The molecule has 1 aromatic carbocycles. The van der Waals surface area contributed by atoms with Gasteiger partial charge in [-0.3, -0.25) is 0 Å². The van der Waals surface area contributed by atoms with Crippen molar-refractivity contribution in [3.8, 4) is 0 Å². The molecule has 100 valence electrons. The summed E-state index contributed by atoms with van der Waals surface area (Å²) in [6.45, 7) is 7.86. The average Bonchev–Trinajstić information content (AvgIpc) is 2.47. The highest BCUT2D eigenvalue weighted by atomic mass is 15.3. The Morgan fingerprint density at radius 1 is 1.11 bits per heavy atom. The normalized spacial score (nSPS) is 17.0. The Bertz CT molecular complexity index is 573. The number of nitrogen functional groups attached to an aromatic ring is 1. The first kappa shape index (κ1) is 12.2. The molecule has 0 radical (unpaired) electrons. The number of fused-ring (bicyclic) bond motifs is 1. The molecular formula is C15H20N4. The van der Waals surface area contributed by atoms with E-state index in [1.807, 2.05) is 12.1 Å². The van der Waals surface area contributed by atoms with Crippen molar-refractivity contribution in [2.75, 3.05) is 43.4 Å². The van der Waals surface area contributed by atoms with E-state index in [4.69, 9.17) is 5.73 Å². The second kappa shape index (κ2) is 5.05. The van der Waals surface area contributed by atoms with Crippen molar-refractivity contribution in [3.63, 3.8) is 0 Å². The van der Waals surface area contributed by atoms with Gasteiger partial charge in [-0.25, -0.2) is 4.98 Å². The van der Waals surface area contributed by atoms with Gasteiger partial charge in [0, 0.05) is 37.3 Å². The van der Waals surface area contributed by atoms with Gasteiger partial charge in [0.25, 0.3) is 0 Å². The number of nitrogens with two attached hydrogens (primary N) is 1. The van der Waals surface area contributed by atoms with Crippen LogP contribution in [0.5, 0.6) is 0 Å². The summed E-state index contributed by atoms with van der Waals surface area (Å²) in [7, 11) is 0. The number of hydrogen-bond acceptors (Lipinski definition) is 4. The first-order valence-corrected chi connectivity index (χ1v) is 6.90. The van der Waals surface area contributed by atoms with Gasteiger partial charge in [-0.1, -0.05) is 6.92 Å². The smallest absolute Gasteiger partial charge is 0.124 e. The van der Waals surface area contributed by atoms with Crippen molar-refractivity contribution < 1.29 is 0 Å². The molecule has 1 saturated heterocycles. The van der Waals surface area contributed by atoms with E-state index in [2.05, 4.69) is 39.9 Å². The zero-order valence-electron chi connectivity index (χ0n) is 11.3. The van der Waals surface area contributed by atoms with Crippen LogP contribution in [0, 0.1) is 0 Å². The summed E-state index contributed by atoms with van der Waals surface area (Å²) >= 11 is 0. The largest absolute Gasteiger partial charge is 0.384 e. The van der Waals surface area contributed by atoms with Crippen molar-refractivity contribution in [2.45, 2.75) is 6.92 Å². The van der Waals surface area contributed by atoms with Crippen LogP contribution in [-0.2, 0) is 0 Å². The van der Waals surface area contributed by atoms with Gasteiger partial charge in [-0.05, 0) is 36.9 Å². The highest BCUT2D eigenvalue weighted by molar-refractivity contribution is 5.83. The van der Waals surface area contributed by atoms with E-state index in [9.17, 15) is 0 Å². The Morgan fingerprint density at radius 2 is 1.89 bits per heavy atom. The first-order valence-electron chi connectivity index (χ1n) is 6.90. The van der Waals surface area contributed by atoms with Crippen LogP contribution in [0.25, 0.3) is 10.9 Å². The van der Waals surface area contributed by atoms with Crippen LogP contribution in [-0.4, -0.2) is 42.6 Å². The minimum absolute atomic E-state index is 0.580. The third kappa shape index (κ3) is 2.49. The number of aromatic nitrogens is 1. The van der Waals surface area contributed by atoms with Crippen molar-refractivity contribution in [1.82, 2.24) is 9.88 Å². The van der Waals surface area contributed by atoms with E-state index in [-0.39, 0.29) is 0 Å². The van der Waals surface area contributed by atoms with Gasteiger partial charge in [-0.15, -0.1) is 0 Å². The quantitative estimate of drug-likeness (QED) is 0.892. The summed E-state index contributed by atoms with van der Waals surface area (Å²) in [6, 6.07) is 10.3. The Balaban J connectivity index is 1.84. The summed E-state index contributed by atoms with van der Waals surface area (Å²) in [5.74, 6) is 0.580. The highest BCUT2D eigenvalue weighted by Gasteiger charge is 2.15. The minimum Gasteiger partial charge on any atom is -0.384 e. The molecule has 2 heterocycles. The van der Waals surface area contributed by atoms with Crippen LogP contribution in [0.1, 0.15) is 6.92 Å². The fourth-order valence-corrected chi connectivity index (χ4v) is 2.65. The number of hydrogen-bond donors (Lipinski definition) is 1. The van der Waals surface area contributed by atoms with Crippen molar-refractivity contribution in [1.29, 1.82) is 0 Å². The number of likely N-dealkylation sites (N-methyl/N-ethyl adjacent to an activating group) is 1. The number of piperazine rings is 1. The Morgan fingerprint density at radius 3 is 2.63 bits per heavy atom. The fraction of sp³-hybridized carbons (Fsp3) is 0.400. The third-order valence-electron chi connectivity index (χ3n) is 3.88. The van der Waals surface area contributed by atoms with Crippen molar-refractivity contribution in [2.24, 2.45) is 0 Å². The van der Waals surface area contributed by atoms with E-state index in [0.29, 0.717) is 5.82 Å². The molecular weight excluding hydrogens is 236 g/mol. The summed E-state index contributed by atoms with van der Waals surface area (Å²) < 4.78 is 0. The SMILES string of the molecule is CCN1CCN(c2ccc3nc(N)ccc3c2)CC1. The standard InChI is InChI=1S/C15H20N4/c1-2-18-7-9-19(10-8-18)13-4-5-14-12(11-13)3-6-15(16)17-14/h3-6,11H,2,7-10H2,1H3,(H2,16,17). The van der Waals surface area contributed by atoms with Gasteiger partial charge < -0.3 is 15.5 Å².